The second kappa shape index (κ2) is 7.32. The van der Waals surface area contributed by atoms with Crippen molar-refractivity contribution in [2.75, 3.05) is 6.54 Å². The summed E-state index contributed by atoms with van der Waals surface area (Å²) in [5, 5.41) is 3.48. The van der Waals surface area contributed by atoms with E-state index in [1.54, 1.807) is 18.2 Å². The van der Waals surface area contributed by atoms with Gasteiger partial charge in [0, 0.05) is 12.5 Å². The van der Waals surface area contributed by atoms with Crippen LogP contribution in [-0.2, 0) is 6.42 Å². The molecule has 1 aromatic carbocycles. The molecule has 0 saturated carbocycles. The molecule has 0 spiro atoms. The third-order valence-corrected chi connectivity index (χ3v) is 2.92. The third-order valence-electron chi connectivity index (χ3n) is 2.63. The molecule has 0 fully saturated rings. The Morgan fingerprint density at radius 1 is 1.53 bits per heavy atom. The smallest absolute Gasteiger partial charge is 0.145 e. The van der Waals surface area contributed by atoms with E-state index in [0.29, 0.717) is 18.4 Å². The van der Waals surface area contributed by atoms with E-state index in [1.807, 2.05) is 6.92 Å². The lowest BCUT2D eigenvalue weighted by Gasteiger charge is -2.17. The summed E-state index contributed by atoms with van der Waals surface area (Å²) in [5.41, 5.74) is 0.639. The summed E-state index contributed by atoms with van der Waals surface area (Å²) < 4.78 is 13.7. The molecule has 1 unspecified atom stereocenters. The Morgan fingerprint density at radius 2 is 2.29 bits per heavy atom. The molecular formula is C14H17ClFN. The van der Waals surface area contributed by atoms with Gasteiger partial charge in [-0.3, -0.25) is 0 Å². The van der Waals surface area contributed by atoms with Crippen molar-refractivity contribution >= 4 is 11.6 Å². The van der Waals surface area contributed by atoms with Gasteiger partial charge in [0.1, 0.15) is 5.82 Å². The van der Waals surface area contributed by atoms with Crippen LogP contribution in [0, 0.1) is 18.2 Å². The molecule has 0 amide bonds. The molecule has 0 aliphatic rings. The van der Waals surface area contributed by atoms with Crippen LogP contribution >= 0.6 is 11.6 Å². The van der Waals surface area contributed by atoms with Crippen LogP contribution in [0.5, 0.6) is 0 Å². The van der Waals surface area contributed by atoms with Gasteiger partial charge >= 0.3 is 0 Å². The fourth-order valence-corrected chi connectivity index (χ4v) is 1.99. The Kier molecular flexibility index (Phi) is 6.04. The summed E-state index contributed by atoms with van der Waals surface area (Å²) in [7, 11) is 0. The molecule has 0 radical (unpaired) electrons. The van der Waals surface area contributed by atoms with Gasteiger partial charge in [0.05, 0.1) is 5.02 Å². The van der Waals surface area contributed by atoms with Crippen molar-refractivity contribution in [2.45, 2.75) is 32.2 Å². The van der Waals surface area contributed by atoms with Gasteiger partial charge in [-0.15, -0.1) is 12.3 Å². The number of hydrogen-bond acceptors (Lipinski definition) is 1. The molecule has 0 aliphatic heterocycles. The summed E-state index contributed by atoms with van der Waals surface area (Å²) in [6.07, 6.45) is 7.40. The van der Waals surface area contributed by atoms with Crippen molar-refractivity contribution in [3.8, 4) is 12.3 Å². The highest BCUT2D eigenvalue weighted by Crippen LogP contribution is 2.19. The first kappa shape index (κ1) is 14.0. The van der Waals surface area contributed by atoms with Crippen LogP contribution in [0.25, 0.3) is 0 Å². The minimum atomic E-state index is -0.322. The Hall–Kier alpha value is -1.04. The molecule has 1 atom stereocenters. The van der Waals surface area contributed by atoms with E-state index >= 15 is 0 Å². The number of halogens is 2. The predicted molar refractivity (Wildman–Crippen MR) is 70.6 cm³/mol. The molecule has 3 heteroatoms. The quantitative estimate of drug-likeness (QED) is 0.766. The van der Waals surface area contributed by atoms with E-state index in [9.17, 15) is 4.39 Å². The van der Waals surface area contributed by atoms with Crippen molar-refractivity contribution in [2.24, 2.45) is 0 Å². The summed E-state index contributed by atoms with van der Waals surface area (Å²) >= 11 is 5.75. The standard InChI is InChI=1S/C14H17ClFN/c1-3-5-8-12(17-4-2)10-11-7-6-9-13(15)14(11)16/h1,6-7,9,12,17H,4-5,8,10H2,2H3. The maximum atomic E-state index is 13.7. The van der Waals surface area contributed by atoms with Gasteiger partial charge in [0.15, 0.2) is 0 Å². The average Bonchev–Trinajstić information content (AvgIpc) is 2.32. The maximum absolute atomic E-state index is 13.7. The highest BCUT2D eigenvalue weighted by atomic mass is 35.5. The monoisotopic (exact) mass is 253 g/mol. The number of nitrogens with one attached hydrogen (secondary N) is 1. The molecule has 1 rings (SSSR count). The topological polar surface area (TPSA) is 12.0 Å². The second-order valence-corrected chi connectivity index (χ2v) is 4.32. The van der Waals surface area contributed by atoms with Gasteiger partial charge < -0.3 is 5.32 Å². The van der Waals surface area contributed by atoms with Crippen LogP contribution in [0.1, 0.15) is 25.3 Å². The van der Waals surface area contributed by atoms with Crippen molar-refractivity contribution in [1.82, 2.24) is 5.32 Å². The molecule has 1 N–H and O–H groups in total. The Bertz CT molecular complexity index is 398. The first-order valence-corrected chi connectivity index (χ1v) is 6.16. The third kappa shape index (κ3) is 4.38. The van der Waals surface area contributed by atoms with Gasteiger partial charge in [-0.1, -0.05) is 30.7 Å². The lowest BCUT2D eigenvalue weighted by molar-refractivity contribution is 0.485. The molecule has 0 saturated heterocycles. The van der Waals surface area contributed by atoms with Gasteiger partial charge in [0.25, 0.3) is 0 Å². The Morgan fingerprint density at radius 3 is 2.94 bits per heavy atom. The van der Waals surface area contributed by atoms with Crippen LogP contribution in [0.4, 0.5) is 4.39 Å². The van der Waals surface area contributed by atoms with Gasteiger partial charge in [-0.25, -0.2) is 4.39 Å². The Balaban J connectivity index is 2.71. The first-order chi connectivity index (χ1) is 8.19. The van der Waals surface area contributed by atoms with Crippen LogP contribution < -0.4 is 5.32 Å². The van der Waals surface area contributed by atoms with Crippen LogP contribution in [-0.4, -0.2) is 12.6 Å². The first-order valence-electron chi connectivity index (χ1n) is 5.78. The highest BCUT2D eigenvalue weighted by Gasteiger charge is 2.12. The lowest BCUT2D eigenvalue weighted by Crippen LogP contribution is -2.31. The molecule has 1 aromatic rings. The average molecular weight is 254 g/mol. The normalized spacial score (nSPS) is 12.1. The Labute approximate surface area is 107 Å². The predicted octanol–water partition coefficient (Wildman–Crippen LogP) is 3.41. The van der Waals surface area contributed by atoms with E-state index in [2.05, 4.69) is 11.2 Å². The molecule has 1 nitrogen and oxygen atoms in total. The lowest BCUT2D eigenvalue weighted by atomic mass is 10.0. The summed E-state index contributed by atoms with van der Waals surface area (Å²) in [5.74, 6) is 2.29. The van der Waals surface area contributed by atoms with Crippen molar-refractivity contribution in [3.63, 3.8) is 0 Å². The fraction of sp³-hybridized carbons (Fsp3) is 0.429. The molecule has 0 aliphatic carbocycles. The number of hydrogen-bond donors (Lipinski definition) is 1. The van der Waals surface area contributed by atoms with E-state index in [-0.39, 0.29) is 16.9 Å². The minimum Gasteiger partial charge on any atom is -0.314 e. The largest absolute Gasteiger partial charge is 0.314 e. The molecule has 0 bridgehead atoms. The van der Waals surface area contributed by atoms with Gasteiger partial charge in [0.2, 0.25) is 0 Å². The summed E-state index contributed by atoms with van der Waals surface area (Å²) in [6.45, 7) is 2.87. The summed E-state index contributed by atoms with van der Waals surface area (Å²) in [4.78, 5) is 0. The van der Waals surface area contributed by atoms with Crippen molar-refractivity contribution < 1.29 is 4.39 Å². The molecule has 0 heterocycles. The van der Waals surface area contributed by atoms with Gasteiger partial charge in [-0.2, -0.15) is 0 Å². The zero-order chi connectivity index (χ0) is 12.7. The SMILES string of the molecule is C#CCCC(Cc1cccc(Cl)c1F)NCC. The fourth-order valence-electron chi connectivity index (χ4n) is 1.79. The van der Waals surface area contributed by atoms with Crippen LogP contribution in [0.15, 0.2) is 18.2 Å². The van der Waals surface area contributed by atoms with E-state index < -0.39 is 0 Å². The van der Waals surface area contributed by atoms with E-state index in [4.69, 9.17) is 18.0 Å². The van der Waals surface area contributed by atoms with E-state index in [0.717, 1.165) is 13.0 Å². The molecule has 92 valence electrons. The van der Waals surface area contributed by atoms with Crippen LogP contribution in [0.2, 0.25) is 5.02 Å². The minimum absolute atomic E-state index is 0.176. The summed E-state index contributed by atoms with van der Waals surface area (Å²) in [6, 6.07) is 5.29. The number of likely N-dealkylation sites (N-methyl/N-ethyl adjacent to an activating group) is 1. The van der Waals surface area contributed by atoms with Crippen molar-refractivity contribution in [1.29, 1.82) is 0 Å². The zero-order valence-electron chi connectivity index (χ0n) is 9.97. The second-order valence-electron chi connectivity index (χ2n) is 3.91. The van der Waals surface area contributed by atoms with Crippen molar-refractivity contribution in [3.05, 3.63) is 34.6 Å². The van der Waals surface area contributed by atoms with Gasteiger partial charge in [-0.05, 0) is 31.0 Å². The highest BCUT2D eigenvalue weighted by molar-refractivity contribution is 6.30. The maximum Gasteiger partial charge on any atom is 0.145 e. The van der Waals surface area contributed by atoms with E-state index in [1.165, 1.54) is 0 Å². The molecule has 17 heavy (non-hydrogen) atoms. The number of rotatable bonds is 6. The zero-order valence-corrected chi connectivity index (χ0v) is 10.7. The number of terminal acetylenes is 1. The van der Waals surface area contributed by atoms with Crippen LogP contribution in [0.3, 0.4) is 0 Å². The molecule has 0 aromatic heterocycles. The molecular weight excluding hydrogens is 237 g/mol. The number of benzene rings is 1.